The molecule has 1 aromatic rings. The summed E-state index contributed by atoms with van der Waals surface area (Å²) < 4.78 is 5.85. The largest absolute Gasteiger partial charge is 0.491 e. The molecule has 1 atom stereocenters. The minimum absolute atomic E-state index is 0.308. The predicted molar refractivity (Wildman–Crippen MR) is 79.5 cm³/mol. The second-order valence-electron chi connectivity index (χ2n) is 6.86. The first kappa shape index (κ1) is 15.3. The number of rotatable bonds is 5. The van der Waals surface area contributed by atoms with Crippen molar-refractivity contribution in [1.29, 1.82) is 0 Å². The van der Waals surface area contributed by atoms with Gasteiger partial charge in [-0.15, -0.1) is 0 Å². The smallest absolute Gasteiger partial charge is 0.137 e. The fourth-order valence-electron chi connectivity index (χ4n) is 2.65. The predicted octanol–water partition coefficient (Wildman–Crippen LogP) is 2.81. The summed E-state index contributed by atoms with van der Waals surface area (Å²) >= 11 is 0. The molecule has 4 heteroatoms. The van der Waals surface area contributed by atoms with Crippen LogP contribution in [0.1, 0.15) is 58.2 Å². The molecule has 0 aliphatic heterocycles. The van der Waals surface area contributed by atoms with Crippen molar-refractivity contribution < 1.29 is 9.84 Å². The molecule has 2 rings (SSSR count). The quantitative estimate of drug-likeness (QED) is 0.869. The summed E-state index contributed by atoms with van der Waals surface area (Å²) in [5.41, 5.74) is 5.97. The van der Waals surface area contributed by atoms with Crippen LogP contribution in [0.15, 0.2) is 18.3 Å². The summed E-state index contributed by atoms with van der Waals surface area (Å²) in [6.45, 7) is 6.40. The van der Waals surface area contributed by atoms with Crippen molar-refractivity contribution in [2.24, 2.45) is 11.1 Å². The van der Waals surface area contributed by atoms with Gasteiger partial charge in [0.15, 0.2) is 0 Å². The van der Waals surface area contributed by atoms with Gasteiger partial charge in [-0.05, 0) is 38.8 Å². The molecule has 1 aliphatic rings. The van der Waals surface area contributed by atoms with Crippen molar-refractivity contribution in [2.45, 2.75) is 58.1 Å². The third-order valence-electron chi connectivity index (χ3n) is 4.24. The van der Waals surface area contributed by atoms with Crippen LogP contribution in [0.25, 0.3) is 0 Å². The highest BCUT2D eigenvalue weighted by molar-refractivity contribution is 5.22. The lowest BCUT2D eigenvalue weighted by Crippen LogP contribution is -2.35. The molecular weight excluding hydrogens is 252 g/mol. The summed E-state index contributed by atoms with van der Waals surface area (Å²) in [6, 6.07) is 3.21. The Bertz CT molecular complexity index is 431. The van der Waals surface area contributed by atoms with Crippen LogP contribution < -0.4 is 10.5 Å². The molecule has 1 unspecified atom stereocenters. The molecule has 20 heavy (non-hydrogen) atoms. The van der Waals surface area contributed by atoms with Gasteiger partial charge in [0.05, 0.1) is 30.1 Å². The molecule has 4 nitrogen and oxygen atoms in total. The highest BCUT2D eigenvalue weighted by atomic mass is 16.5. The number of nitrogens with zero attached hydrogens (tertiary/aromatic N) is 1. The fourth-order valence-corrected chi connectivity index (χ4v) is 2.65. The lowest BCUT2D eigenvalue weighted by molar-refractivity contribution is 0.0503. The van der Waals surface area contributed by atoms with Crippen LogP contribution >= 0.6 is 0 Å². The lowest BCUT2D eigenvalue weighted by atomic mass is 9.90. The summed E-state index contributed by atoms with van der Waals surface area (Å²) in [4.78, 5) is 4.30. The number of pyridine rings is 1. The molecule has 0 radical (unpaired) electrons. The number of hydrogen-bond donors (Lipinski definition) is 2. The average molecular weight is 278 g/mol. The Balaban J connectivity index is 1.95. The Morgan fingerprint density at radius 3 is 2.55 bits per heavy atom. The normalized spacial score (nSPS) is 19.9. The molecule has 0 amide bonds. The van der Waals surface area contributed by atoms with Gasteiger partial charge in [-0.3, -0.25) is 4.98 Å². The van der Waals surface area contributed by atoms with Crippen molar-refractivity contribution in [3.63, 3.8) is 0 Å². The molecule has 0 aromatic carbocycles. The lowest BCUT2D eigenvalue weighted by Gasteiger charge is -2.25. The summed E-state index contributed by atoms with van der Waals surface area (Å²) in [5, 5.41) is 9.89. The summed E-state index contributed by atoms with van der Waals surface area (Å²) in [5.74, 6) is 0.768. The minimum atomic E-state index is -0.979. The van der Waals surface area contributed by atoms with Gasteiger partial charge in [0.1, 0.15) is 5.75 Å². The molecule has 0 bridgehead atoms. The molecule has 1 aliphatic carbocycles. The van der Waals surface area contributed by atoms with E-state index in [1.54, 1.807) is 20.0 Å². The average Bonchev–Trinajstić information content (AvgIpc) is 2.83. The zero-order chi connectivity index (χ0) is 14.8. The Labute approximate surface area is 121 Å². The van der Waals surface area contributed by atoms with E-state index in [1.807, 2.05) is 12.1 Å². The number of aliphatic hydroxyl groups is 1. The Morgan fingerprint density at radius 1 is 1.40 bits per heavy atom. The van der Waals surface area contributed by atoms with Gasteiger partial charge >= 0.3 is 0 Å². The van der Waals surface area contributed by atoms with Gasteiger partial charge in [0.25, 0.3) is 0 Å². The van der Waals surface area contributed by atoms with E-state index in [2.05, 4.69) is 11.9 Å². The van der Waals surface area contributed by atoms with E-state index in [0.717, 1.165) is 12.4 Å². The van der Waals surface area contributed by atoms with Crippen LogP contribution in [0.4, 0.5) is 0 Å². The van der Waals surface area contributed by atoms with Crippen molar-refractivity contribution >= 4 is 0 Å². The van der Waals surface area contributed by atoms with E-state index in [1.165, 1.54) is 25.7 Å². The first-order valence-corrected chi connectivity index (χ1v) is 7.37. The maximum Gasteiger partial charge on any atom is 0.137 e. The van der Waals surface area contributed by atoms with E-state index >= 15 is 0 Å². The van der Waals surface area contributed by atoms with E-state index in [9.17, 15) is 5.11 Å². The minimum Gasteiger partial charge on any atom is -0.491 e. The van der Waals surface area contributed by atoms with Gasteiger partial charge in [0.2, 0.25) is 0 Å². The maximum atomic E-state index is 9.89. The van der Waals surface area contributed by atoms with Gasteiger partial charge in [-0.25, -0.2) is 0 Å². The maximum absolute atomic E-state index is 9.89. The molecule has 1 heterocycles. The molecule has 1 saturated carbocycles. The third kappa shape index (κ3) is 3.70. The van der Waals surface area contributed by atoms with Gasteiger partial charge < -0.3 is 15.6 Å². The van der Waals surface area contributed by atoms with Crippen molar-refractivity contribution in [1.82, 2.24) is 4.98 Å². The second kappa shape index (κ2) is 5.70. The number of aromatic nitrogens is 1. The van der Waals surface area contributed by atoms with E-state index in [-0.39, 0.29) is 0 Å². The molecule has 1 aromatic heterocycles. The molecule has 0 spiro atoms. The van der Waals surface area contributed by atoms with Gasteiger partial charge in [-0.1, -0.05) is 19.8 Å². The van der Waals surface area contributed by atoms with E-state index in [0.29, 0.717) is 11.1 Å². The van der Waals surface area contributed by atoms with Crippen LogP contribution in [0.2, 0.25) is 0 Å². The Morgan fingerprint density at radius 2 is 2.05 bits per heavy atom. The van der Waals surface area contributed by atoms with Crippen LogP contribution in [-0.2, 0) is 0 Å². The number of ether oxygens (including phenoxy) is 1. The first-order chi connectivity index (χ1) is 9.30. The summed E-state index contributed by atoms with van der Waals surface area (Å²) in [6.07, 6.45) is 6.78. The highest BCUT2D eigenvalue weighted by Crippen LogP contribution is 2.37. The van der Waals surface area contributed by atoms with E-state index in [4.69, 9.17) is 10.5 Å². The third-order valence-corrected chi connectivity index (χ3v) is 4.24. The Hall–Kier alpha value is -1.13. The molecule has 0 saturated heterocycles. The van der Waals surface area contributed by atoms with Crippen LogP contribution in [0.3, 0.4) is 0 Å². The standard InChI is InChI=1S/C16H26N2O2/c1-15(2,19)14(17)13-7-6-12(10-18-13)20-11-16(3)8-4-5-9-16/h6-7,10,14,19H,4-5,8-9,11,17H2,1-3H3. The molecule has 112 valence electrons. The Kier molecular flexibility index (Phi) is 4.35. The first-order valence-electron chi connectivity index (χ1n) is 7.37. The monoisotopic (exact) mass is 278 g/mol. The molecular formula is C16H26N2O2. The van der Waals surface area contributed by atoms with Gasteiger partial charge in [-0.2, -0.15) is 0 Å². The zero-order valence-corrected chi connectivity index (χ0v) is 12.7. The SMILES string of the molecule is CC1(COc2ccc(C(N)C(C)(C)O)nc2)CCCC1. The number of hydrogen-bond acceptors (Lipinski definition) is 4. The van der Waals surface area contributed by atoms with E-state index < -0.39 is 11.6 Å². The summed E-state index contributed by atoms with van der Waals surface area (Å²) in [7, 11) is 0. The van der Waals surface area contributed by atoms with Crippen molar-refractivity contribution in [3.8, 4) is 5.75 Å². The van der Waals surface area contributed by atoms with Crippen LogP contribution in [0.5, 0.6) is 5.75 Å². The van der Waals surface area contributed by atoms with Crippen LogP contribution in [-0.4, -0.2) is 22.3 Å². The fraction of sp³-hybridized carbons (Fsp3) is 0.688. The van der Waals surface area contributed by atoms with Gasteiger partial charge in [0, 0.05) is 5.41 Å². The van der Waals surface area contributed by atoms with Crippen LogP contribution in [0, 0.1) is 5.41 Å². The zero-order valence-electron chi connectivity index (χ0n) is 12.7. The molecule has 1 fully saturated rings. The number of nitrogens with two attached hydrogens (primary N) is 1. The van der Waals surface area contributed by atoms with Crippen molar-refractivity contribution in [2.75, 3.05) is 6.61 Å². The topological polar surface area (TPSA) is 68.4 Å². The highest BCUT2D eigenvalue weighted by Gasteiger charge is 2.29. The second-order valence-corrected chi connectivity index (χ2v) is 6.86. The van der Waals surface area contributed by atoms with Crippen molar-refractivity contribution in [3.05, 3.63) is 24.0 Å². The molecule has 3 N–H and O–H groups in total.